The van der Waals surface area contributed by atoms with E-state index in [1.807, 2.05) is 11.9 Å². The van der Waals surface area contributed by atoms with Crippen molar-refractivity contribution in [3.63, 3.8) is 0 Å². The van der Waals surface area contributed by atoms with Gasteiger partial charge in [0.05, 0.1) is 4.92 Å². The summed E-state index contributed by atoms with van der Waals surface area (Å²) >= 11 is 0. The quantitative estimate of drug-likeness (QED) is 0.476. The Kier molecular flexibility index (Phi) is 4.45. The predicted molar refractivity (Wildman–Crippen MR) is 78.3 cm³/mol. The minimum absolute atomic E-state index is 0.163. The highest BCUT2D eigenvalue weighted by Gasteiger charge is 2.31. The number of nitro groups is 1. The molecule has 2 rings (SSSR count). The lowest BCUT2D eigenvalue weighted by Crippen LogP contribution is -2.46. The standard InChI is InChI=1S/C12H18N4O4S/c1-15-7-3-4-9(8-15)14-21(19,20)11-6-2-5-10(13)12(11)16(17)18/h2,5-6,9,14H,3-4,7-8,13H2,1H3. The molecular formula is C12H18N4O4S. The van der Waals surface area contributed by atoms with Gasteiger partial charge in [-0.2, -0.15) is 0 Å². The molecule has 3 N–H and O–H groups in total. The van der Waals surface area contributed by atoms with Crippen molar-refractivity contribution in [3.05, 3.63) is 28.3 Å². The summed E-state index contributed by atoms with van der Waals surface area (Å²) in [6, 6.07) is 3.65. The number of likely N-dealkylation sites (tertiary alicyclic amines) is 1. The molecule has 116 valence electrons. The largest absolute Gasteiger partial charge is 0.393 e. The molecule has 0 amide bonds. The number of nitrogens with zero attached hydrogens (tertiary/aromatic N) is 2. The van der Waals surface area contributed by atoms with Gasteiger partial charge < -0.3 is 10.6 Å². The lowest BCUT2D eigenvalue weighted by Gasteiger charge is -2.29. The van der Waals surface area contributed by atoms with Crippen LogP contribution in [0.15, 0.2) is 23.1 Å². The van der Waals surface area contributed by atoms with Crippen molar-refractivity contribution in [1.29, 1.82) is 0 Å². The number of sulfonamides is 1. The molecule has 1 aliphatic rings. The van der Waals surface area contributed by atoms with Gasteiger partial charge in [0.1, 0.15) is 5.69 Å². The average Bonchev–Trinajstić information content (AvgIpc) is 2.37. The molecule has 9 heteroatoms. The summed E-state index contributed by atoms with van der Waals surface area (Å²) in [5.41, 5.74) is 4.79. The summed E-state index contributed by atoms with van der Waals surface area (Å²) in [6.07, 6.45) is 1.59. The molecule has 21 heavy (non-hydrogen) atoms. The van der Waals surface area contributed by atoms with Gasteiger partial charge >= 0.3 is 5.69 Å². The second kappa shape index (κ2) is 5.96. The number of benzene rings is 1. The smallest absolute Gasteiger partial charge is 0.312 e. The number of nitrogens with one attached hydrogen (secondary N) is 1. The number of rotatable bonds is 4. The second-order valence-electron chi connectivity index (χ2n) is 5.17. The maximum Gasteiger partial charge on any atom is 0.312 e. The Bertz CT molecular complexity index is 647. The maximum absolute atomic E-state index is 12.4. The molecule has 1 aromatic rings. The van der Waals surface area contributed by atoms with Crippen molar-refractivity contribution in [2.24, 2.45) is 0 Å². The van der Waals surface area contributed by atoms with Gasteiger partial charge in [-0.15, -0.1) is 0 Å². The Morgan fingerprint density at radius 1 is 1.48 bits per heavy atom. The topological polar surface area (TPSA) is 119 Å². The minimum Gasteiger partial charge on any atom is -0.393 e. The van der Waals surface area contributed by atoms with Crippen LogP contribution in [0.5, 0.6) is 0 Å². The van der Waals surface area contributed by atoms with Crippen molar-refractivity contribution in [3.8, 4) is 0 Å². The number of nitro benzene ring substituents is 1. The highest BCUT2D eigenvalue weighted by Crippen LogP contribution is 2.30. The van der Waals surface area contributed by atoms with Gasteiger partial charge in [0.15, 0.2) is 4.90 Å². The Hall–Kier alpha value is -1.71. The van der Waals surface area contributed by atoms with Crippen molar-refractivity contribution >= 4 is 21.4 Å². The van der Waals surface area contributed by atoms with E-state index >= 15 is 0 Å². The van der Waals surface area contributed by atoms with Crippen LogP contribution in [0.1, 0.15) is 12.8 Å². The highest BCUT2D eigenvalue weighted by molar-refractivity contribution is 7.89. The fourth-order valence-electron chi connectivity index (χ4n) is 2.50. The second-order valence-corrected chi connectivity index (χ2v) is 6.86. The zero-order valence-electron chi connectivity index (χ0n) is 11.7. The molecular weight excluding hydrogens is 296 g/mol. The Morgan fingerprint density at radius 3 is 2.81 bits per heavy atom. The number of hydrogen-bond acceptors (Lipinski definition) is 6. The zero-order chi connectivity index (χ0) is 15.6. The van der Waals surface area contributed by atoms with E-state index < -0.39 is 20.6 Å². The van der Waals surface area contributed by atoms with E-state index in [1.54, 1.807) is 0 Å². The maximum atomic E-state index is 12.4. The third-order valence-electron chi connectivity index (χ3n) is 3.45. The van der Waals surface area contributed by atoms with E-state index in [0.717, 1.165) is 13.0 Å². The number of likely N-dealkylation sites (N-methyl/N-ethyl adjacent to an activating group) is 1. The summed E-state index contributed by atoms with van der Waals surface area (Å²) in [7, 11) is -2.07. The van der Waals surface area contributed by atoms with Gasteiger partial charge in [-0.05, 0) is 38.6 Å². The lowest BCUT2D eigenvalue weighted by molar-refractivity contribution is -0.386. The van der Waals surface area contributed by atoms with Gasteiger partial charge in [-0.1, -0.05) is 6.07 Å². The fourth-order valence-corrected chi connectivity index (χ4v) is 3.96. The SMILES string of the molecule is CN1CCCC(NS(=O)(=O)c2cccc(N)c2[N+](=O)[O-])C1. The Balaban J connectivity index is 2.32. The van der Waals surface area contributed by atoms with Crippen molar-refractivity contribution in [2.45, 2.75) is 23.8 Å². The molecule has 0 aliphatic carbocycles. The molecule has 0 spiro atoms. The van der Waals surface area contributed by atoms with Crippen LogP contribution in [0.25, 0.3) is 0 Å². The first kappa shape index (κ1) is 15.7. The number of para-hydroxylation sites is 1. The molecule has 1 unspecified atom stereocenters. The number of piperidine rings is 1. The Morgan fingerprint density at radius 2 is 2.19 bits per heavy atom. The first-order valence-electron chi connectivity index (χ1n) is 6.55. The molecule has 1 saturated heterocycles. The molecule has 1 aliphatic heterocycles. The summed E-state index contributed by atoms with van der Waals surface area (Å²) in [4.78, 5) is 11.9. The Labute approximate surface area is 123 Å². The molecule has 0 aromatic heterocycles. The monoisotopic (exact) mass is 314 g/mol. The van der Waals surface area contributed by atoms with Crippen LogP contribution in [0.2, 0.25) is 0 Å². The van der Waals surface area contributed by atoms with Crippen LogP contribution in [-0.2, 0) is 10.0 Å². The van der Waals surface area contributed by atoms with E-state index in [9.17, 15) is 18.5 Å². The van der Waals surface area contributed by atoms with Gasteiger partial charge in [-0.25, -0.2) is 13.1 Å². The summed E-state index contributed by atoms with van der Waals surface area (Å²) in [5.74, 6) is 0. The number of nitrogen functional groups attached to an aromatic ring is 1. The molecule has 1 fully saturated rings. The molecule has 0 radical (unpaired) electrons. The molecule has 0 bridgehead atoms. The van der Waals surface area contributed by atoms with Gasteiger partial charge in [-0.3, -0.25) is 10.1 Å². The summed E-state index contributed by atoms with van der Waals surface area (Å²) in [6.45, 7) is 1.49. The van der Waals surface area contributed by atoms with E-state index in [1.165, 1.54) is 18.2 Å². The van der Waals surface area contributed by atoms with Crippen molar-refractivity contribution in [1.82, 2.24) is 9.62 Å². The lowest BCUT2D eigenvalue weighted by atomic mass is 10.1. The van der Waals surface area contributed by atoms with Crippen molar-refractivity contribution < 1.29 is 13.3 Å². The van der Waals surface area contributed by atoms with Crippen LogP contribution in [0, 0.1) is 10.1 Å². The normalized spacial score (nSPS) is 20.3. The predicted octanol–water partition coefficient (Wildman–Crippen LogP) is 0.550. The van der Waals surface area contributed by atoms with Crippen LogP contribution < -0.4 is 10.5 Å². The van der Waals surface area contributed by atoms with Gasteiger partial charge in [0.25, 0.3) is 0 Å². The molecule has 1 aromatic carbocycles. The fraction of sp³-hybridized carbons (Fsp3) is 0.500. The molecule has 1 heterocycles. The molecule has 0 saturated carbocycles. The van der Waals surface area contributed by atoms with E-state index in [2.05, 4.69) is 4.72 Å². The van der Waals surface area contributed by atoms with E-state index in [-0.39, 0.29) is 16.6 Å². The zero-order valence-corrected chi connectivity index (χ0v) is 12.5. The average molecular weight is 314 g/mol. The minimum atomic E-state index is -3.98. The summed E-state index contributed by atoms with van der Waals surface area (Å²) in [5, 5.41) is 11.1. The first-order chi connectivity index (χ1) is 9.81. The van der Waals surface area contributed by atoms with Gasteiger partial charge in [0, 0.05) is 12.6 Å². The first-order valence-corrected chi connectivity index (χ1v) is 8.03. The van der Waals surface area contributed by atoms with E-state index in [4.69, 9.17) is 5.73 Å². The highest BCUT2D eigenvalue weighted by atomic mass is 32.2. The van der Waals surface area contributed by atoms with Crippen molar-refractivity contribution in [2.75, 3.05) is 25.9 Å². The van der Waals surface area contributed by atoms with Crippen LogP contribution in [-0.4, -0.2) is 44.4 Å². The van der Waals surface area contributed by atoms with Crippen LogP contribution >= 0.6 is 0 Å². The third-order valence-corrected chi connectivity index (χ3v) is 5.00. The number of hydrogen-bond donors (Lipinski definition) is 2. The third kappa shape index (κ3) is 3.49. The number of nitrogens with two attached hydrogens (primary N) is 1. The van der Waals surface area contributed by atoms with Crippen LogP contribution in [0.3, 0.4) is 0 Å². The van der Waals surface area contributed by atoms with Gasteiger partial charge in [0.2, 0.25) is 10.0 Å². The number of anilines is 1. The van der Waals surface area contributed by atoms with Crippen LogP contribution in [0.4, 0.5) is 11.4 Å². The van der Waals surface area contributed by atoms with E-state index in [0.29, 0.717) is 13.0 Å². The molecule has 1 atom stereocenters. The summed E-state index contributed by atoms with van der Waals surface area (Å²) < 4.78 is 27.3. The molecule has 8 nitrogen and oxygen atoms in total.